The first-order valence-electron chi connectivity index (χ1n) is 9.97. The number of carbonyl (C=O) groups excluding carboxylic acids is 1. The van der Waals surface area contributed by atoms with Gasteiger partial charge in [0.05, 0.1) is 19.1 Å². The van der Waals surface area contributed by atoms with Crippen LogP contribution in [0, 0.1) is 0 Å². The number of hydrazone groups is 1. The van der Waals surface area contributed by atoms with Crippen molar-refractivity contribution >= 4 is 27.3 Å². The molecule has 8 heteroatoms. The van der Waals surface area contributed by atoms with Gasteiger partial charge in [-0.3, -0.25) is 9.10 Å². The summed E-state index contributed by atoms with van der Waals surface area (Å²) < 4.78 is 31.0. The molecule has 2 aromatic carbocycles. The molecule has 1 N–H and O–H groups in total. The molecule has 0 unspecified atom stereocenters. The molecule has 0 aliphatic heterocycles. The van der Waals surface area contributed by atoms with Gasteiger partial charge in [-0.25, -0.2) is 13.8 Å². The molecule has 168 valence electrons. The molecule has 0 aromatic heterocycles. The Hall–Kier alpha value is -2.87. The number of sulfonamides is 1. The van der Waals surface area contributed by atoms with Crippen LogP contribution in [0.25, 0.3) is 0 Å². The predicted molar refractivity (Wildman–Crippen MR) is 125 cm³/mol. The van der Waals surface area contributed by atoms with E-state index in [1.165, 1.54) is 19.6 Å². The van der Waals surface area contributed by atoms with E-state index in [-0.39, 0.29) is 5.41 Å². The molecular formula is C23H31N3O4S. The smallest absolute Gasteiger partial charge is 0.263 e. The van der Waals surface area contributed by atoms with E-state index < -0.39 is 22.0 Å². The Kier molecular flexibility index (Phi) is 7.84. The highest BCUT2D eigenvalue weighted by atomic mass is 32.2. The second-order valence-corrected chi connectivity index (χ2v) is 10.0. The Morgan fingerprint density at radius 1 is 1.13 bits per heavy atom. The Bertz CT molecular complexity index is 1020. The predicted octanol–water partition coefficient (Wildman–Crippen LogP) is 3.71. The zero-order valence-corrected chi connectivity index (χ0v) is 19.7. The standard InChI is InChI=1S/C23H31N3O4S/c1-17(16-23(3,4)19-10-8-7-9-11-19)24-25-22(27)18(2)26(31(6,28)29)20-12-14-21(30-5)15-13-20/h7-15,18H,16H2,1-6H3,(H,25,27)/b24-17-/t18-/m1/s1. The minimum absolute atomic E-state index is 0.160. The molecule has 0 aliphatic rings. The van der Waals surface area contributed by atoms with Gasteiger partial charge in [-0.1, -0.05) is 44.2 Å². The van der Waals surface area contributed by atoms with Crippen molar-refractivity contribution in [2.45, 2.75) is 45.6 Å². The van der Waals surface area contributed by atoms with E-state index in [1.54, 1.807) is 24.3 Å². The van der Waals surface area contributed by atoms with E-state index in [0.29, 0.717) is 17.9 Å². The molecule has 1 amide bonds. The Morgan fingerprint density at radius 2 is 1.71 bits per heavy atom. The Labute approximate surface area is 185 Å². The number of methoxy groups -OCH3 is 1. The zero-order valence-electron chi connectivity index (χ0n) is 18.9. The van der Waals surface area contributed by atoms with Crippen LogP contribution in [0.15, 0.2) is 59.7 Å². The molecule has 1 atom stereocenters. The van der Waals surface area contributed by atoms with Gasteiger partial charge in [0, 0.05) is 5.71 Å². The topological polar surface area (TPSA) is 88.1 Å². The molecule has 7 nitrogen and oxygen atoms in total. The minimum Gasteiger partial charge on any atom is -0.497 e. The summed E-state index contributed by atoms with van der Waals surface area (Å²) in [7, 11) is -2.18. The van der Waals surface area contributed by atoms with Crippen molar-refractivity contribution in [3.05, 3.63) is 60.2 Å². The van der Waals surface area contributed by atoms with Crippen molar-refractivity contribution in [3.63, 3.8) is 0 Å². The van der Waals surface area contributed by atoms with Crippen LogP contribution in [-0.2, 0) is 20.2 Å². The number of carbonyl (C=O) groups is 1. The monoisotopic (exact) mass is 445 g/mol. The first-order chi connectivity index (χ1) is 14.5. The van der Waals surface area contributed by atoms with Gasteiger partial charge in [0.1, 0.15) is 11.8 Å². The quantitative estimate of drug-likeness (QED) is 0.471. The number of nitrogens with one attached hydrogen (secondary N) is 1. The Morgan fingerprint density at radius 3 is 2.23 bits per heavy atom. The highest BCUT2D eigenvalue weighted by molar-refractivity contribution is 7.92. The average Bonchev–Trinajstić information content (AvgIpc) is 2.72. The molecule has 0 spiro atoms. The summed E-state index contributed by atoms with van der Waals surface area (Å²) in [6, 6.07) is 15.6. The maximum Gasteiger partial charge on any atom is 0.263 e. The summed E-state index contributed by atoms with van der Waals surface area (Å²) in [4.78, 5) is 12.7. The Balaban J connectivity index is 2.14. The number of hydrogen-bond donors (Lipinski definition) is 1. The van der Waals surface area contributed by atoms with E-state index in [9.17, 15) is 13.2 Å². The maximum absolute atomic E-state index is 12.7. The molecule has 0 radical (unpaired) electrons. The molecule has 0 heterocycles. The third-order valence-corrected chi connectivity index (χ3v) is 6.27. The van der Waals surface area contributed by atoms with Crippen LogP contribution < -0.4 is 14.5 Å². The third-order valence-electron chi connectivity index (χ3n) is 5.03. The first-order valence-corrected chi connectivity index (χ1v) is 11.8. The lowest BCUT2D eigenvalue weighted by Crippen LogP contribution is -2.47. The molecule has 2 aromatic rings. The summed E-state index contributed by atoms with van der Waals surface area (Å²) >= 11 is 0. The van der Waals surface area contributed by atoms with E-state index >= 15 is 0 Å². The number of ether oxygens (including phenoxy) is 1. The lowest BCUT2D eigenvalue weighted by Gasteiger charge is -2.28. The van der Waals surface area contributed by atoms with Crippen LogP contribution in [0.4, 0.5) is 5.69 Å². The van der Waals surface area contributed by atoms with Gasteiger partial charge in [0.25, 0.3) is 5.91 Å². The van der Waals surface area contributed by atoms with Crippen molar-refractivity contribution in [1.82, 2.24) is 5.43 Å². The number of nitrogens with zero attached hydrogens (tertiary/aromatic N) is 2. The van der Waals surface area contributed by atoms with Gasteiger partial charge < -0.3 is 4.74 Å². The van der Waals surface area contributed by atoms with Crippen LogP contribution in [0.3, 0.4) is 0 Å². The van der Waals surface area contributed by atoms with Gasteiger partial charge in [0.2, 0.25) is 10.0 Å². The van der Waals surface area contributed by atoms with Crippen LogP contribution in [0.2, 0.25) is 0 Å². The van der Waals surface area contributed by atoms with E-state index in [1.807, 2.05) is 25.1 Å². The normalized spacial score (nSPS) is 13.4. The SMILES string of the molecule is COc1ccc(N([C@H](C)C(=O)N/N=C(/C)CC(C)(C)c2ccccc2)S(C)(=O)=O)cc1. The van der Waals surface area contributed by atoms with Gasteiger partial charge in [0.15, 0.2) is 0 Å². The third kappa shape index (κ3) is 6.55. The van der Waals surface area contributed by atoms with E-state index in [0.717, 1.165) is 16.3 Å². The zero-order chi connectivity index (χ0) is 23.2. The van der Waals surface area contributed by atoms with Gasteiger partial charge in [-0.15, -0.1) is 0 Å². The van der Waals surface area contributed by atoms with Crippen molar-refractivity contribution in [2.75, 3.05) is 17.7 Å². The largest absolute Gasteiger partial charge is 0.497 e. The van der Waals surface area contributed by atoms with Gasteiger partial charge >= 0.3 is 0 Å². The van der Waals surface area contributed by atoms with E-state index in [2.05, 4.69) is 36.5 Å². The number of amides is 1. The molecule has 0 fully saturated rings. The summed E-state index contributed by atoms with van der Waals surface area (Å²) in [6.45, 7) is 7.59. The fourth-order valence-electron chi connectivity index (χ4n) is 3.45. The van der Waals surface area contributed by atoms with Crippen LogP contribution in [0.1, 0.15) is 39.7 Å². The number of hydrogen-bond acceptors (Lipinski definition) is 5. The average molecular weight is 446 g/mol. The highest BCUT2D eigenvalue weighted by Crippen LogP contribution is 2.27. The second-order valence-electron chi connectivity index (χ2n) is 8.18. The van der Waals surface area contributed by atoms with Crippen molar-refractivity contribution in [2.24, 2.45) is 5.10 Å². The van der Waals surface area contributed by atoms with Crippen molar-refractivity contribution in [3.8, 4) is 5.75 Å². The minimum atomic E-state index is -3.70. The van der Waals surface area contributed by atoms with Crippen LogP contribution >= 0.6 is 0 Å². The molecule has 0 saturated heterocycles. The molecule has 0 aliphatic carbocycles. The summed E-state index contributed by atoms with van der Waals surface area (Å²) in [6.07, 6.45) is 1.71. The van der Waals surface area contributed by atoms with Crippen LogP contribution in [0.5, 0.6) is 5.75 Å². The lowest BCUT2D eigenvalue weighted by molar-refractivity contribution is -0.121. The number of benzene rings is 2. The molecule has 2 rings (SSSR count). The lowest BCUT2D eigenvalue weighted by atomic mass is 9.80. The summed E-state index contributed by atoms with van der Waals surface area (Å²) in [5, 5.41) is 4.22. The van der Waals surface area contributed by atoms with Gasteiger partial charge in [-0.2, -0.15) is 5.10 Å². The fourth-order valence-corrected chi connectivity index (χ4v) is 4.63. The first kappa shape index (κ1) is 24.4. The number of anilines is 1. The van der Waals surface area contributed by atoms with E-state index in [4.69, 9.17) is 4.74 Å². The second kappa shape index (κ2) is 9.96. The van der Waals surface area contributed by atoms with Crippen LogP contribution in [-0.4, -0.2) is 39.4 Å². The molecule has 0 saturated carbocycles. The molecule has 0 bridgehead atoms. The highest BCUT2D eigenvalue weighted by Gasteiger charge is 2.29. The van der Waals surface area contributed by atoms with Crippen molar-refractivity contribution < 1.29 is 17.9 Å². The number of rotatable bonds is 9. The van der Waals surface area contributed by atoms with Gasteiger partial charge in [-0.05, 0) is 55.5 Å². The fraction of sp³-hybridized carbons (Fsp3) is 0.391. The molecule has 31 heavy (non-hydrogen) atoms. The summed E-state index contributed by atoms with van der Waals surface area (Å²) in [5.74, 6) is 0.0775. The summed E-state index contributed by atoms with van der Waals surface area (Å²) in [5.41, 5.74) is 4.65. The maximum atomic E-state index is 12.7. The molecular weight excluding hydrogens is 414 g/mol. The van der Waals surface area contributed by atoms with Crippen molar-refractivity contribution in [1.29, 1.82) is 0 Å².